The van der Waals surface area contributed by atoms with E-state index in [4.69, 9.17) is 0 Å². The highest BCUT2D eigenvalue weighted by molar-refractivity contribution is 6.06. The summed E-state index contributed by atoms with van der Waals surface area (Å²) in [6.07, 6.45) is 5.75. The van der Waals surface area contributed by atoms with Crippen molar-refractivity contribution in [3.05, 3.63) is 65.6 Å². The summed E-state index contributed by atoms with van der Waals surface area (Å²) in [5.74, 6) is -0.0149. The quantitative estimate of drug-likeness (QED) is 0.690. The van der Waals surface area contributed by atoms with Gasteiger partial charge >= 0.3 is 0 Å². The van der Waals surface area contributed by atoms with Gasteiger partial charge in [0.2, 0.25) is 0 Å². The topological polar surface area (TPSA) is 37.6 Å². The van der Waals surface area contributed by atoms with Crippen molar-refractivity contribution < 1.29 is 4.79 Å². The molecular weight excluding hydrogens is 274 g/mol. The average molecular weight is 291 g/mol. The van der Waals surface area contributed by atoms with Crippen LogP contribution < -0.4 is 4.90 Å². The summed E-state index contributed by atoms with van der Waals surface area (Å²) in [6.45, 7) is 2.82. The van der Waals surface area contributed by atoms with Crippen molar-refractivity contribution in [3.63, 3.8) is 0 Å². The molecule has 0 unspecified atom stereocenters. The first-order valence-corrected chi connectivity index (χ1v) is 7.58. The Bertz CT molecular complexity index is 833. The highest BCUT2D eigenvalue weighted by Gasteiger charge is 2.26. The van der Waals surface area contributed by atoms with E-state index in [-0.39, 0.29) is 5.91 Å². The molecule has 0 atom stereocenters. The summed E-state index contributed by atoms with van der Waals surface area (Å²) in [5, 5.41) is 0. The number of fused-ring (bicyclic) bond motifs is 2. The second kappa shape index (κ2) is 4.98. The van der Waals surface area contributed by atoms with Crippen LogP contribution in [0.3, 0.4) is 0 Å². The fourth-order valence-electron chi connectivity index (χ4n) is 3.23. The molecule has 3 heterocycles. The minimum Gasteiger partial charge on any atom is -0.306 e. The van der Waals surface area contributed by atoms with Crippen LogP contribution in [0.1, 0.15) is 28.0 Å². The van der Waals surface area contributed by atoms with Crippen LogP contribution in [0.4, 0.5) is 5.69 Å². The molecule has 0 saturated carbocycles. The zero-order chi connectivity index (χ0) is 15.1. The molecule has 1 aliphatic heterocycles. The van der Waals surface area contributed by atoms with Crippen molar-refractivity contribution >= 4 is 17.2 Å². The van der Waals surface area contributed by atoms with Gasteiger partial charge < -0.3 is 9.30 Å². The van der Waals surface area contributed by atoms with Crippen LogP contribution in [0.25, 0.3) is 5.65 Å². The zero-order valence-electron chi connectivity index (χ0n) is 12.5. The lowest BCUT2D eigenvalue weighted by Gasteiger charge is -2.30. The number of rotatable bonds is 1. The number of anilines is 1. The average Bonchev–Trinajstić information content (AvgIpc) is 2.98. The first kappa shape index (κ1) is 13.1. The summed E-state index contributed by atoms with van der Waals surface area (Å²) in [4.78, 5) is 19.3. The molecule has 4 nitrogen and oxygen atoms in total. The molecule has 0 aliphatic carbocycles. The van der Waals surface area contributed by atoms with E-state index in [2.05, 4.69) is 30.1 Å². The number of benzene rings is 1. The molecule has 4 heteroatoms. The van der Waals surface area contributed by atoms with Crippen molar-refractivity contribution in [1.29, 1.82) is 0 Å². The number of carbonyl (C=O) groups excluding carboxylic acids is 1. The molecule has 110 valence electrons. The summed E-state index contributed by atoms with van der Waals surface area (Å²) in [6, 6.07) is 12.0. The monoisotopic (exact) mass is 291 g/mol. The van der Waals surface area contributed by atoms with Crippen molar-refractivity contribution in [2.24, 2.45) is 0 Å². The van der Waals surface area contributed by atoms with Crippen molar-refractivity contribution in [2.75, 3.05) is 11.4 Å². The largest absolute Gasteiger partial charge is 0.306 e. The van der Waals surface area contributed by atoms with Crippen molar-refractivity contribution in [1.82, 2.24) is 9.38 Å². The van der Waals surface area contributed by atoms with Crippen LogP contribution in [0.2, 0.25) is 0 Å². The van der Waals surface area contributed by atoms with E-state index in [0.717, 1.165) is 36.3 Å². The Balaban J connectivity index is 1.78. The number of nitrogens with zero attached hydrogens (tertiary/aromatic N) is 3. The molecule has 22 heavy (non-hydrogen) atoms. The van der Waals surface area contributed by atoms with Gasteiger partial charge in [0.25, 0.3) is 5.91 Å². The highest BCUT2D eigenvalue weighted by atomic mass is 16.2. The Morgan fingerprint density at radius 2 is 2.09 bits per heavy atom. The van der Waals surface area contributed by atoms with Gasteiger partial charge in [0.15, 0.2) is 0 Å². The van der Waals surface area contributed by atoms with Crippen LogP contribution >= 0.6 is 0 Å². The number of para-hydroxylation sites is 1. The molecule has 2 aromatic heterocycles. The number of aryl methyl sites for hydroxylation is 2. The van der Waals surface area contributed by atoms with Crippen LogP contribution in [-0.2, 0) is 6.42 Å². The summed E-state index contributed by atoms with van der Waals surface area (Å²) < 4.78 is 1.88. The lowest BCUT2D eigenvalue weighted by atomic mass is 9.98. The fourth-order valence-corrected chi connectivity index (χ4v) is 3.23. The smallest absolute Gasteiger partial charge is 0.278 e. The number of carbonyl (C=O) groups is 1. The standard InChI is InChI=1S/C18H17N3O/c1-13-6-4-7-14-8-5-11-21(17(13)14)18(22)15-12-20-10-3-2-9-16(20)19-15/h2-4,6-7,9-10,12H,5,8,11H2,1H3. The van der Waals surface area contributed by atoms with E-state index in [1.54, 1.807) is 0 Å². The molecule has 0 fully saturated rings. The van der Waals surface area contributed by atoms with E-state index in [1.807, 2.05) is 39.9 Å². The van der Waals surface area contributed by atoms with Gasteiger partial charge in [0, 0.05) is 18.9 Å². The summed E-state index contributed by atoms with van der Waals surface area (Å²) in [7, 11) is 0. The Kier molecular flexibility index (Phi) is 2.96. The number of amides is 1. The SMILES string of the molecule is Cc1cccc2c1N(C(=O)c1cn3ccccc3n1)CCC2. The third-order valence-corrected chi connectivity index (χ3v) is 4.25. The first-order valence-electron chi connectivity index (χ1n) is 7.58. The lowest BCUT2D eigenvalue weighted by Crippen LogP contribution is -2.36. The third kappa shape index (κ3) is 1.99. The van der Waals surface area contributed by atoms with Crippen molar-refractivity contribution in [2.45, 2.75) is 19.8 Å². The lowest BCUT2D eigenvalue weighted by molar-refractivity contribution is 0.0980. The summed E-state index contributed by atoms with van der Waals surface area (Å²) in [5.41, 5.74) is 4.77. The molecule has 0 bridgehead atoms. The minimum atomic E-state index is -0.0149. The number of hydrogen-bond donors (Lipinski definition) is 0. The normalized spacial score (nSPS) is 14.1. The highest BCUT2D eigenvalue weighted by Crippen LogP contribution is 2.31. The third-order valence-electron chi connectivity index (χ3n) is 4.25. The second-order valence-electron chi connectivity index (χ2n) is 5.74. The molecule has 0 saturated heterocycles. The molecular formula is C18H17N3O. The fraction of sp³-hybridized carbons (Fsp3) is 0.222. The first-order chi connectivity index (χ1) is 10.7. The van der Waals surface area contributed by atoms with Gasteiger partial charge in [-0.1, -0.05) is 24.3 Å². The zero-order valence-corrected chi connectivity index (χ0v) is 12.5. The molecule has 0 N–H and O–H groups in total. The van der Waals surface area contributed by atoms with E-state index >= 15 is 0 Å². The van der Waals surface area contributed by atoms with Gasteiger partial charge in [0.1, 0.15) is 11.3 Å². The number of aromatic nitrogens is 2. The van der Waals surface area contributed by atoms with Crippen molar-refractivity contribution in [3.8, 4) is 0 Å². The van der Waals surface area contributed by atoms with Crippen LogP contribution in [0.15, 0.2) is 48.8 Å². The predicted molar refractivity (Wildman–Crippen MR) is 86.4 cm³/mol. The number of imidazole rings is 1. The molecule has 0 radical (unpaired) electrons. The Morgan fingerprint density at radius 1 is 1.18 bits per heavy atom. The maximum atomic E-state index is 12.9. The van der Waals surface area contributed by atoms with E-state index in [1.165, 1.54) is 5.56 Å². The van der Waals surface area contributed by atoms with Gasteiger partial charge in [-0.15, -0.1) is 0 Å². The van der Waals surface area contributed by atoms with Gasteiger partial charge in [-0.25, -0.2) is 4.98 Å². The van der Waals surface area contributed by atoms with Gasteiger partial charge in [-0.05, 0) is 43.0 Å². The van der Waals surface area contributed by atoms with Gasteiger partial charge in [-0.2, -0.15) is 0 Å². The second-order valence-corrected chi connectivity index (χ2v) is 5.74. The van der Waals surface area contributed by atoms with Gasteiger partial charge in [0.05, 0.1) is 5.69 Å². The van der Waals surface area contributed by atoms with Crippen LogP contribution in [-0.4, -0.2) is 21.8 Å². The molecule has 3 aromatic rings. The Morgan fingerprint density at radius 3 is 2.95 bits per heavy atom. The Labute approximate surface area is 129 Å². The van der Waals surface area contributed by atoms with E-state index in [0.29, 0.717) is 5.69 Å². The van der Waals surface area contributed by atoms with Gasteiger partial charge in [-0.3, -0.25) is 4.79 Å². The molecule has 4 rings (SSSR count). The number of hydrogen-bond acceptors (Lipinski definition) is 2. The maximum Gasteiger partial charge on any atom is 0.278 e. The molecule has 0 spiro atoms. The molecule has 1 aromatic carbocycles. The minimum absolute atomic E-state index is 0.0149. The number of pyridine rings is 1. The molecule has 1 aliphatic rings. The summed E-state index contributed by atoms with van der Waals surface area (Å²) >= 11 is 0. The van der Waals surface area contributed by atoms with Crippen LogP contribution in [0, 0.1) is 6.92 Å². The predicted octanol–water partition coefficient (Wildman–Crippen LogP) is 3.24. The Hall–Kier alpha value is -2.62. The maximum absolute atomic E-state index is 12.9. The van der Waals surface area contributed by atoms with E-state index < -0.39 is 0 Å². The van der Waals surface area contributed by atoms with Crippen LogP contribution in [0.5, 0.6) is 0 Å². The molecule has 1 amide bonds. The van der Waals surface area contributed by atoms with E-state index in [9.17, 15) is 4.79 Å².